The van der Waals surface area contributed by atoms with Crippen molar-refractivity contribution >= 4 is 74.6 Å². The normalized spacial score (nSPS) is 14.8. The zero-order valence-electron chi connectivity index (χ0n) is 14.8. The first-order valence-corrected chi connectivity index (χ1v) is 10.1. The third kappa shape index (κ3) is 4.79. The van der Waals surface area contributed by atoms with E-state index in [1.807, 2.05) is 17.5 Å². The van der Waals surface area contributed by atoms with Crippen molar-refractivity contribution in [1.82, 2.24) is 10.3 Å². The molecule has 30 heavy (non-hydrogen) atoms. The molecule has 1 aromatic heterocycles. The van der Waals surface area contributed by atoms with Crippen molar-refractivity contribution in [3.63, 3.8) is 0 Å². The summed E-state index contributed by atoms with van der Waals surface area (Å²) in [4.78, 5) is 47.4. The second-order valence-corrected chi connectivity index (χ2v) is 8.33. The molecule has 0 atom stereocenters. The molecule has 14 heteroatoms. The van der Waals surface area contributed by atoms with Gasteiger partial charge in [0.15, 0.2) is 0 Å². The van der Waals surface area contributed by atoms with Crippen molar-refractivity contribution in [3.8, 4) is 0 Å². The number of benzene rings is 1. The number of nitro benzene ring substituents is 2. The van der Waals surface area contributed by atoms with E-state index in [1.165, 1.54) is 11.3 Å². The third-order valence-corrected chi connectivity index (χ3v) is 5.91. The Bertz CT molecular complexity index is 1090. The van der Waals surface area contributed by atoms with E-state index in [4.69, 9.17) is 12.2 Å². The molecule has 1 saturated heterocycles. The fourth-order valence-electron chi connectivity index (χ4n) is 2.35. The molecule has 0 radical (unpaired) electrons. The summed E-state index contributed by atoms with van der Waals surface area (Å²) < 4.78 is 0.208. The first-order valence-electron chi connectivity index (χ1n) is 8.03. The number of anilines is 1. The number of hydrogen-bond donors (Lipinski definition) is 2. The summed E-state index contributed by atoms with van der Waals surface area (Å²) in [6, 6.07) is 6.60. The minimum absolute atomic E-state index is 0.151. The number of non-ortho nitro benzene ring substituents is 1. The van der Waals surface area contributed by atoms with Crippen molar-refractivity contribution in [3.05, 3.63) is 65.7 Å². The Morgan fingerprint density at radius 3 is 2.63 bits per heavy atom. The zero-order valence-corrected chi connectivity index (χ0v) is 17.2. The van der Waals surface area contributed by atoms with Gasteiger partial charge < -0.3 is 0 Å². The molecule has 1 fully saturated rings. The molecule has 3 rings (SSSR count). The van der Waals surface area contributed by atoms with Gasteiger partial charge in [0.2, 0.25) is 0 Å². The fourth-order valence-corrected chi connectivity index (χ4v) is 4.33. The Balaban J connectivity index is 1.65. The summed E-state index contributed by atoms with van der Waals surface area (Å²) >= 11 is 7.68. The van der Waals surface area contributed by atoms with Gasteiger partial charge in [0, 0.05) is 10.9 Å². The van der Waals surface area contributed by atoms with Crippen molar-refractivity contribution < 1.29 is 19.4 Å². The fraction of sp³-hybridized carbons (Fsp3) is 0.0625. The molecule has 2 N–H and O–H groups in total. The van der Waals surface area contributed by atoms with Crippen LogP contribution in [-0.4, -0.2) is 37.4 Å². The maximum absolute atomic E-state index is 12.5. The van der Waals surface area contributed by atoms with Crippen molar-refractivity contribution in [1.29, 1.82) is 0 Å². The van der Waals surface area contributed by atoms with Gasteiger partial charge in [-0.3, -0.25) is 45.6 Å². The topological polar surface area (TPSA) is 148 Å². The molecule has 154 valence electrons. The Morgan fingerprint density at radius 2 is 2.00 bits per heavy atom. The lowest BCUT2D eigenvalue weighted by molar-refractivity contribution is -0.393. The molecule has 0 spiro atoms. The maximum Gasteiger partial charge on any atom is 0.300 e. The van der Waals surface area contributed by atoms with Gasteiger partial charge in [-0.15, -0.1) is 11.3 Å². The van der Waals surface area contributed by atoms with Gasteiger partial charge in [0.1, 0.15) is 16.6 Å². The summed E-state index contributed by atoms with van der Waals surface area (Å²) in [6.45, 7) is -0.403. The van der Waals surface area contributed by atoms with Crippen LogP contribution in [-0.2, 0) is 9.59 Å². The number of hydrogen-bond acceptors (Lipinski definition) is 10. The number of thiocarbonyl (C=S) groups is 1. The number of amides is 2. The van der Waals surface area contributed by atoms with Crippen LogP contribution in [0.4, 0.5) is 17.1 Å². The van der Waals surface area contributed by atoms with E-state index in [2.05, 4.69) is 10.9 Å². The van der Waals surface area contributed by atoms with Gasteiger partial charge in [-0.2, -0.15) is 0 Å². The summed E-state index contributed by atoms with van der Waals surface area (Å²) in [5.74, 6) is -1.11. The maximum atomic E-state index is 12.5. The van der Waals surface area contributed by atoms with Gasteiger partial charge in [0.05, 0.1) is 20.8 Å². The first-order chi connectivity index (χ1) is 14.3. The van der Waals surface area contributed by atoms with Gasteiger partial charge in [-0.25, -0.2) is 0 Å². The number of nitrogens with one attached hydrogen (secondary N) is 2. The minimum atomic E-state index is -0.821. The summed E-state index contributed by atoms with van der Waals surface area (Å²) in [7, 11) is 0. The van der Waals surface area contributed by atoms with Gasteiger partial charge >= 0.3 is 5.69 Å². The number of nitrogens with zero attached hydrogens (tertiary/aromatic N) is 3. The quantitative estimate of drug-likeness (QED) is 0.272. The largest absolute Gasteiger partial charge is 0.300 e. The van der Waals surface area contributed by atoms with Crippen LogP contribution in [0.2, 0.25) is 0 Å². The summed E-state index contributed by atoms with van der Waals surface area (Å²) in [5, 5.41) is 23.8. The number of thioether (sulfide) groups is 1. The molecule has 0 aliphatic carbocycles. The average Bonchev–Trinajstić information content (AvgIpc) is 3.30. The molecular weight excluding hydrogens is 454 g/mol. The van der Waals surface area contributed by atoms with Crippen LogP contribution in [0.3, 0.4) is 0 Å². The van der Waals surface area contributed by atoms with Crippen LogP contribution in [0, 0.1) is 20.2 Å². The smallest absolute Gasteiger partial charge is 0.292 e. The lowest BCUT2D eigenvalue weighted by atomic mass is 10.2. The Labute approximate surface area is 182 Å². The third-order valence-electron chi connectivity index (χ3n) is 3.72. The van der Waals surface area contributed by atoms with E-state index in [1.54, 1.807) is 6.08 Å². The highest BCUT2D eigenvalue weighted by Crippen LogP contribution is 2.33. The SMILES string of the molecule is O=C(CN1C(=O)C(=Cc2cccs2)SC1=S)NNc1ccc([N+](=O)[O-])cc1[N+](=O)[O-]. The Kier molecular flexibility index (Phi) is 6.39. The van der Waals surface area contributed by atoms with Crippen molar-refractivity contribution in [2.75, 3.05) is 12.0 Å². The van der Waals surface area contributed by atoms with Crippen LogP contribution in [0.5, 0.6) is 0 Å². The Hall–Kier alpha value is -3.36. The number of rotatable bonds is 7. The monoisotopic (exact) mass is 465 g/mol. The predicted octanol–water partition coefficient (Wildman–Crippen LogP) is 2.91. The highest BCUT2D eigenvalue weighted by Gasteiger charge is 2.33. The molecule has 2 aromatic rings. The molecular formula is C16H11N5O6S3. The molecule has 11 nitrogen and oxygen atoms in total. The second-order valence-electron chi connectivity index (χ2n) is 5.67. The standard InChI is InChI=1S/C16H11N5O6S3/c22-14(18-17-11-4-3-9(20(24)25)6-12(11)21(26)27)8-19-15(23)13(30-16(19)28)7-10-2-1-5-29-10/h1-7,17H,8H2,(H,18,22). The van der Waals surface area contributed by atoms with E-state index in [9.17, 15) is 29.8 Å². The first kappa shape index (κ1) is 21.4. The van der Waals surface area contributed by atoms with E-state index < -0.39 is 39.6 Å². The number of thiophene rings is 1. The summed E-state index contributed by atoms with van der Waals surface area (Å²) in [5.41, 5.74) is 3.37. The highest BCUT2D eigenvalue weighted by atomic mass is 32.2. The number of hydrazine groups is 1. The number of nitro groups is 2. The molecule has 2 amide bonds. The number of carbonyl (C=O) groups is 2. The van der Waals surface area contributed by atoms with Crippen molar-refractivity contribution in [2.24, 2.45) is 0 Å². The molecule has 2 heterocycles. The van der Waals surface area contributed by atoms with Crippen LogP contribution in [0.15, 0.2) is 40.6 Å². The van der Waals surface area contributed by atoms with Crippen LogP contribution >= 0.6 is 35.3 Å². The highest BCUT2D eigenvalue weighted by molar-refractivity contribution is 8.26. The van der Waals surface area contributed by atoms with E-state index in [0.717, 1.165) is 39.7 Å². The van der Waals surface area contributed by atoms with E-state index >= 15 is 0 Å². The van der Waals surface area contributed by atoms with E-state index in [0.29, 0.717) is 4.91 Å². The minimum Gasteiger partial charge on any atom is -0.292 e. The van der Waals surface area contributed by atoms with Crippen LogP contribution < -0.4 is 10.9 Å². The zero-order chi connectivity index (χ0) is 21.8. The van der Waals surface area contributed by atoms with Gasteiger partial charge in [0.25, 0.3) is 17.5 Å². The average molecular weight is 465 g/mol. The van der Waals surface area contributed by atoms with Crippen molar-refractivity contribution in [2.45, 2.75) is 0 Å². The molecule has 1 aromatic carbocycles. The Morgan fingerprint density at radius 1 is 1.23 bits per heavy atom. The van der Waals surface area contributed by atoms with Gasteiger partial charge in [-0.1, -0.05) is 30.0 Å². The molecule has 0 bridgehead atoms. The van der Waals surface area contributed by atoms with Crippen LogP contribution in [0.25, 0.3) is 6.08 Å². The van der Waals surface area contributed by atoms with E-state index in [-0.39, 0.29) is 10.0 Å². The lowest BCUT2D eigenvalue weighted by Crippen LogP contribution is -2.41. The van der Waals surface area contributed by atoms with Crippen LogP contribution in [0.1, 0.15) is 4.88 Å². The molecule has 1 aliphatic rings. The summed E-state index contributed by atoms with van der Waals surface area (Å²) in [6.07, 6.45) is 1.68. The lowest BCUT2D eigenvalue weighted by Gasteiger charge is -2.15. The molecule has 0 saturated carbocycles. The molecule has 1 aliphatic heterocycles. The van der Waals surface area contributed by atoms with Gasteiger partial charge in [-0.05, 0) is 23.6 Å². The number of carbonyl (C=O) groups excluding carboxylic acids is 2. The predicted molar refractivity (Wildman–Crippen MR) is 116 cm³/mol. The second kappa shape index (κ2) is 8.98. The molecule has 0 unspecified atom stereocenters.